The summed E-state index contributed by atoms with van der Waals surface area (Å²) in [6, 6.07) is 21.3. The Bertz CT molecular complexity index is 1660. The normalized spacial score (nSPS) is 13.1. The number of benzene rings is 4. The Hall–Kier alpha value is -3.87. The first-order valence-corrected chi connectivity index (χ1v) is 9.46. The van der Waals surface area contributed by atoms with E-state index in [4.69, 9.17) is 4.42 Å². The maximum Gasteiger partial charge on any atom is 0.200 e. The Morgan fingerprint density at radius 1 is 0.679 bits per heavy atom. The Balaban J connectivity index is 1.86. The number of H-pyrrole nitrogens is 1. The Labute approximate surface area is 160 Å². The molecular formula is C26H14NO+. The molecule has 28 heavy (non-hydrogen) atoms. The zero-order valence-corrected chi connectivity index (χ0v) is 14.9. The third kappa shape index (κ3) is 1.62. The van der Waals surface area contributed by atoms with E-state index in [2.05, 4.69) is 77.8 Å². The Morgan fingerprint density at radius 2 is 1.50 bits per heavy atom. The van der Waals surface area contributed by atoms with Gasteiger partial charge in [-0.1, -0.05) is 42.5 Å². The van der Waals surface area contributed by atoms with Gasteiger partial charge in [-0.2, -0.15) is 0 Å². The summed E-state index contributed by atoms with van der Waals surface area (Å²) in [6.45, 7) is 0. The number of para-hydroxylation sites is 1. The van der Waals surface area contributed by atoms with Crippen LogP contribution in [0.2, 0.25) is 0 Å². The molecule has 1 aliphatic rings. The number of hydrogen-bond acceptors (Lipinski definition) is 1. The minimum absolute atomic E-state index is 0.925. The fourth-order valence-corrected chi connectivity index (χ4v) is 4.77. The lowest BCUT2D eigenvalue weighted by atomic mass is 9.91. The van der Waals surface area contributed by atoms with E-state index in [0.29, 0.717) is 0 Å². The second kappa shape index (κ2) is 4.89. The third-order valence-electron chi connectivity index (χ3n) is 5.92. The number of aromatic amines is 1. The molecule has 128 valence electrons. The number of allylic oxidation sites excluding steroid dienone is 2. The molecule has 0 unspecified atom stereocenters. The number of aromatic nitrogens is 1. The standard InChI is InChI=1S/C26H14NO/c1-3-9-17-15(7-1)16-8-2-4-10-18(16)26-24(17)25-22(28-26)14-13-21-23(25)19-11-5-6-12-20(19)27-21/h1-3,5-14,27H/q+1. The van der Waals surface area contributed by atoms with Gasteiger partial charge < -0.3 is 9.40 Å². The first-order valence-electron chi connectivity index (χ1n) is 9.46. The lowest BCUT2D eigenvalue weighted by Crippen LogP contribution is -1.89. The first-order chi connectivity index (χ1) is 13.9. The molecule has 0 spiro atoms. The number of nitrogens with one attached hydrogen (secondary N) is 1. The van der Waals surface area contributed by atoms with Gasteiger partial charge in [0.1, 0.15) is 28.9 Å². The van der Waals surface area contributed by atoms with Gasteiger partial charge in [-0.3, -0.25) is 0 Å². The van der Waals surface area contributed by atoms with Gasteiger partial charge in [0.05, 0.1) is 11.5 Å². The van der Waals surface area contributed by atoms with Crippen molar-refractivity contribution in [3.63, 3.8) is 0 Å². The SMILES string of the molecule is [C+]1=Cc2c(c3ccccc3c3c2oc2ccc4[nH]c5ccccc5c4c23)C=C1. The van der Waals surface area contributed by atoms with Gasteiger partial charge in [0.25, 0.3) is 0 Å². The molecule has 0 aliphatic heterocycles. The van der Waals surface area contributed by atoms with Crippen LogP contribution in [0.25, 0.3) is 66.7 Å². The average Bonchev–Trinajstić information content (AvgIpc) is 3.32. The maximum absolute atomic E-state index is 6.47. The van der Waals surface area contributed by atoms with Gasteiger partial charge in [-0.25, -0.2) is 0 Å². The molecule has 0 atom stereocenters. The van der Waals surface area contributed by atoms with E-state index in [1.807, 2.05) is 12.2 Å². The van der Waals surface area contributed by atoms with Gasteiger partial charge in [0.2, 0.25) is 5.58 Å². The molecule has 0 saturated heterocycles. The second-order valence-corrected chi connectivity index (χ2v) is 7.36. The highest BCUT2D eigenvalue weighted by Crippen LogP contribution is 2.44. The van der Waals surface area contributed by atoms with E-state index in [1.165, 1.54) is 37.9 Å². The summed E-state index contributed by atoms with van der Waals surface area (Å²) in [6.07, 6.45) is 9.38. The van der Waals surface area contributed by atoms with Crippen LogP contribution in [0, 0.1) is 6.08 Å². The van der Waals surface area contributed by atoms with Gasteiger partial charge in [-0.15, -0.1) is 0 Å². The summed E-state index contributed by atoms with van der Waals surface area (Å²) in [5, 5.41) is 7.32. The van der Waals surface area contributed by atoms with Crippen LogP contribution >= 0.6 is 0 Å². The summed E-state index contributed by atoms with van der Waals surface area (Å²) < 4.78 is 6.47. The van der Waals surface area contributed by atoms with Crippen molar-refractivity contribution >= 4 is 66.7 Å². The lowest BCUT2D eigenvalue weighted by molar-refractivity contribution is 0.668. The predicted molar refractivity (Wildman–Crippen MR) is 117 cm³/mol. The van der Waals surface area contributed by atoms with Gasteiger partial charge in [0, 0.05) is 38.7 Å². The molecule has 2 heteroatoms. The fourth-order valence-electron chi connectivity index (χ4n) is 4.77. The van der Waals surface area contributed by atoms with Crippen molar-refractivity contribution in [3.8, 4) is 0 Å². The van der Waals surface area contributed by atoms with Gasteiger partial charge in [0.15, 0.2) is 0 Å². The number of fused-ring (bicyclic) bond motifs is 12. The lowest BCUT2D eigenvalue weighted by Gasteiger charge is -2.05. The van der Waals surface area contributed by atoms with E-state index in [1.54, 1.807) is 0 Å². The number of furan rings is 1. The van der Waals surface area contributed by atoms with Crippen LogP contribution in [-0.2, 0) is 0 Å². The minimum atomic E-state index is 0.925. The average molecular weight is 356 g/mol. The van der Waals surface area contributed by atoms with Crippen LogP contribution in [0.5, 0.6) is 0 Å². The van der Waals surface area contributed by atoms with Gasteiger partial charge in [-0.05, 0) is 23.6 Å². The van der Waals surface area contributed by atoms with Crippen molar-refractivity contribution in [2.24, 2.45) is 0 Å². The molecule has 0 bridgehead atoms. The van der Waals surface area contributed by atoms with Crippen LogP contribution in [0.4, 0.5) is 0 Å². The van der Waals surface area contributed by atoms with Crippen molar-refractivity contribution < 1.29 is 4.42 Å². The van der Waals surface area contributed by atoms with Crippen LogP contribution in [0.3, 0.4) is 0 Å². The summed E-state index contributed by atoms with van der Waals surface area (Å²) in [4.78, 5) is 3.56. The number of rotatable bonds is 0. The summed E-state index contributed by atoms with van der Waals surface area (Å²) in [5.74, 6) is 0. The molecule has 0 fully saturated rings. The molecule has 1 aliphatic carbocycles. The first kappa shape index (κ1) is 14.2. The van der Waals surface area contributed by atoms with E-state index >= 15 is 0 Å². The van der Waals surface area contributed by atoms with Crippen LogP contribution in [0.15, 0.2) is 71.2 Å². The van der Waals surface area contributed by atoms with Crippen molar-refractivity contribution in [2.45, 2.75) is 0 Å². The van der Waals surface area contributed by atoms with Crippen molar-refractivity contribution in [1.82, 2.24) is 4.98 Å². The third-order valence-corrected chi connectivity index (χ3v) is 5.92. The second-order valence-electron chi connectivity index (χ2n) is 7.36. The topological polar surface area (TPSA) is 28.9 Å². The summed E-state index contributed by atoms with van der Waals surface area (Å²) in [7, 11) is 0. The van der Waals surface area contributed by atoms with Crippen molar-refractivity contribution in [1.29, 1.82) is 0 Å². The monoisotopic (exact) mass is 356 g/mol. The smallest absolute Gasteiger partial charge is 0.200 e. The molecule has 1 N–H and O–H groups in total. The molecule has 0 saturated carbocycles. The highest BCUT2D eigenvalue weighted by Gasteiger charge is 2.25. The summed E-state index contributed by atoms with van der Waals surface area (Å²) in [5.41, 5.74) is 6.47. The molecule has 0 amide bonds. The van der Waals surface area contributed by atoms with E-state index in [0.717, 1.165) is 27.8 Å². The highest BCUT2D eigenvalue weighted by atomic mass is 16.3. The molecule has 6 aromatic rings. The molecule has 2 heterocycles. The molecule has 2 nitrogen and oxygen atoms in total. The Morgan fingerprint density at radius 3 is 2.43 bits per heavy atom. The molecule has 7 rings (SSSR count). The molecule has 2 aromatic heterocycles. The van der Waals surface area contributed by atoms with Gasteiger partial charge >= 0.3 is 0 Å². The molecular weight excluding hydrogens is 342 g/mol. The van der Waals surface area contributed by atoms with Crippen LogP contribution in [0.1, 0.15) is 11.1 Å². The van der Waals surface area contributed by atoms with E-state index in [-0.39, 0.29) is 0 Å². The largest absolute Gasteiger partial charge is 0.442 e. The minimum Gasteiger partial charge on any atom is -0.442 e. The van der Waals surface area contributed by atoms with Crippen molar-refractivity contribution in [2.75, 3.05) is 0 Å². The maximum atomic E-state index is 6.47. The molecule has 4 aromatic carbocycles. The zero-order valence-electron chi connectivity index (χ0n) is 14.9. The highest BCUT2D eigenvalue weighted by molar-refractivity contribution is 6.32. The van der Waals surface area contributed by atoms with Crippen LogP contribution in [-0.4, -0.2) is 4.98 Å². The number of hydrogen-bond donors (Lipinski definition) is 1. The summed E-state index contributed by atoms with van der Waals surface area (Å²) >= 11 is 0. The van der Waals surface area contributed by atoms with Crippen molar-refractivity contribution in [3.05, 3.63) is 83.9 Å². The van der Waals surface area contributed by atoms with E-state index < -0.39 is 0 Å². The molecule has 0 radical (unpaired) electrons. The fraction of sp³-hybridized carbons (Fsp3) is 0. The van der Waals surface area contributed by atoms with E-state index in [9.17, 15) is 0 Å². The predicted octanol–water partition coefficient (Wildman–Crippen LogP) is 7.22. The quantitative estimate of drug-likeness (QED) is 0.286. The Kier molecular flexibility index (Phi) is 2.48. The van der Waals surface area contributed by atoms with Crippen LogP contribution < -0.4 is 0 Å². The zero-order chi connectivity index (χ0) is 18.2.